The van der Waals surface area contributed by atoms with E-state index in [0.29, 0.717) is 13.2 Å². The molecule has 0 radical (unpaired) electrons. The maximum absolute atomic E-state index is 11.6. The van der Waals surface area contributed by atoms with Crippen molar-refractivity contribution < 1.29 is 14.3 Å². The molecule has 0 aromatic rings. The summed E-state index contributed by atoms with van der Waals surface area (Å²) in [5.74, 6) is 0.0127. The monoisotopic (exact) mass is 230 g/mol. The van der Waals surface area contributed by atoms with Crippen LogP contribution in [-0.4, -0.2) is 62.9 Å². The molecule has 1 fully saturated rings. The Labute approximate surface area is 97.1 Å². The van der Waals surface area contributed by atoms with Crippen molar-refractivity contribution in [3.05, 3.63) is 0 Å². The first-order valence-electron chi connectivity index (χ1n) is 5.77. The zero-order valence-corrected chi connectivity index (χ0v) is 10.4. The molecule has 0 aromatic heterocycles. The Morgan fingerprint density at radius 3 is 2.94 bits per heavy atom. The SMILES string of the molecule is CC(C)N(C)C(=O)COCC1CNCCO1. The maximum Gasteiger partial charge on any atom is 0.248 e. The molecule has 0 spiro atoms. The molecular weight excluding hydrogens is 208 g/mol. The van der Waals surface area contributed by atoms with Crippen LogP contribution in [0.4, 0.5) is 0 Å². The van der Waals surface area contributed by atoms with Crippen LogP contribution in [-0.2, 0) is 14.3 Å². The normalized spacial score (nSPS) is 21.1. The van der Waals surface area contributed by atoms with Gasteiger partial charge < -0.3 is 19.7 Å². The van der Waals surface area contributed by atoms with Crippen molar-refractivity contribution in [3.8, 4) is 0 Å². The molecule has 1 atom stereocenters. The van der Waals surface area contributed by atoms with E-state index in [1.165, 1.54) is 0 Å². The molecule has 94 valence electrons. The van der Waals surface area contributed by atoms with Crippen LogP contribution in [0.2, 0.25) is 0 Å². The number of hydrogen-bond acceptors (Lipinski definition) is 4. The van der Waals surface area contributed by atoms with Crippen molar-refractivity contribution in [1.82, 2.24) is 10.2 Å². The summed E-state index contributed by atoms with van der Waals surface area (Å²) in [6.07, 6.45) is 0.0749. The number of nitrogens with zero attached hydrogens (tertiary/aromatic N) is 1. The molecule has 1 heterocycles. The lowest BCUT2D eigenvalue weighted by Gasteiger charge is -2.24. The zero-order chi connectivity index (χ0) is 12.0. The molecule has 1 amide bonds. The molecule has 0 aromatic carbocycles. The van der Waals surface area contributed by atoms with Crippen LogP contribution < -0.4 is 5.32 Å². The van der Waals surface area contributed by atoms with Crippen molar-refractivity contribution in [3.63, 3.8) is 0 Å². The molecule has 1 saturated heterocycles. The number of amides is 1. The Bertz CT molecular complexity index is 215. The van der Waals surface area contributed by atoms with Crippen LogP contribution in [0, 0.1) is 0 Å². The molecule has 5 heteroatoms. The molecule has 0 aliphatic carbocycles. The standard InChI is InChI=1S/C11H22N2O3/c1-9(2)13(3)11(14)8-15-7-10-6-12-4-5-16-10/h9-10,12H,4-8H2,1-3H3. The first-order valence-corrected chi connectivity index (χ1v) is 5.77. The Morgan fingerprint density at radius 2 is 2.38 bits per heavy atom. The number of rotatable bonds is 5. The third kappa shape index (κ3) is 4.47. The molecule has 1 rings (SSSR count). The summed E-state index contributed by atoms with van der Waals surface area (Å²) in [6, 6.07) is 0.212. The second kappa shape index (κ2) is 6.83. The quantitative estimate of drug-likeness (QED) is 0.714. The predicted octanol–water partition coefficient (Wildman–Crippen LogP) is -0.142. The topological polar surface area (TPSA) is 50.8 Å². The van der Waals surface area contributed by atoms with E-state index in [-0.39, 0.29) is 24.7 Å². The predicted molar refractivity (Wildman–Crippen MR) is 61.3 cm³/mol. The van der Waals surface area contributed by atoms with Crippen molar-refractivity contribution in [2.24, 2.45) is 0 Å². The van der Waals surface area contributed by atoms with Gasteiger partial charge in [-0.2, -0.15) is 0 Å². The Hall–Kier alpha value is -0.650. The second-order valence-electron chi connectivity index (χ2n) is 4.31. The highest BCUT2D eigenvalue weighted by Crippen LogP contribution is 1.98. The van der Waals surface area contributed by atoms with Gasteiger partial charge in [-0.15, -0.1) is 0 Å². The van der Waals surface area contributed by atoms with E-state index in [1.54, 1.807) is 11.9 Å². The number of carbonyl (C=O) groups excluding carboxylic acids is 1. The summed E-state index contributed by atoms with van der Waals surface area (Å²) in [7, 11) is 1.79. The van der Waals surface area contributed by atoms with E-state index >= 15 is 0 Å². The van der Waals surface area contributed by atoms with Crippen molar-refractivity contribution >= 4 is 5.91 Å². The number of morpholine rings is 1. The molecule has 16 heavy (non-hydrogen) atoms. The lowest BCUT2D eigenvalue weighted by atomic mass is 10.3. The molecule has 1 unspecified atom stereocenters. The number of ether oxygens (including phenoxy) is 2. The average molecular weight is 230 g/mol. The van der Waals surface area contributed by atoms with Crippen LogP contribution in [0.15, 0.2) is 0 Å². The van der Waals surface area contributed by atoms with Gasteiger partial charge in [0, 0.05) is 26.2 Å². The summed E-state index contributed by atoms with van der Waals surface area (Å²) >= 11 is 0. The van der Waals surface area contributed by atoms with E-state index in [2.05, 4.69) is 5.32 Å². The first-order chi connectivity index (χ1) is 7.61. The molecule has 1 aliphatic rings. The summed E-state index contributed by atoms with van der Waals surface area (Å²) in [6.45, 7) is 6.98. The van der Waals surface area contributed by atoms with Gasteiger partial charge in [-0.05, 0) is 13.8 Å². The van der Waals surface area contributed by atoms with Gasteiger partial charge >= 0.3 is 0 Å². The van der Waals surface area contributed by atoms with Gasteiger partial charge in [0.1, 0.15) is 6.61 Å². The van der Waals surface area contributed by atoms with Crippen LogP contribution in [0.3, 0.4) is 0 Å². The lowest BCUT2D eigenvalue weighted by Crippen LogP contribution is -2.42. The third-order valence-electron chi connectivity index (χ3n) is 2.70. The van der Waals surface area contributed by atoms with Crippen molar-refractivity contribution in [2.45, 2.75) is 26.0 Å². The highest BCUT2D eigenvalue weighted by molar-refractivity contribution is 5.77. The largest absolute Gasteiger partial charge is 0.373 e. The summed E-state index contributed by atoms with van der Waals surface area (Å²) in [5.41, 5.74) is 0. The van der Waals surface area contributed by atoms with E-state index in [4.69, 9.17) is 9.47 Å². The van der Waals surface area contributed by atoms with Crippen LogP contribution >= 0.6 is 0 Å². The van der Waals surface area contributed by atoms with Gasteiger partial charge in [0.15, 0.2) is 0 Å². The first kappa shape index (κ1) is 13.4. The van der Waals surface area contributed by atoms with E-state index < -0.39 is 0 Å². The van der Waals surface area contributed by atoms with Gasteiger partial charge in [-0.1, -0.05) is 0 Å². The number of likely N-dealkylation sites (N-methyl/N-ethyl adjacent to an activating group) is 1. The van der Waals surface area contributed by atoms with Crippen molar-refractivity contribution in [2.75, 3.05) is 40.0 Å². The lowest BCUT2D eigenvalue weighted by molar-refractivity contribution is -0.138. The van der Waals surface area contributed by atoms with Crippen molar-refractivity contribution in [1.29, 1.82) is 0 Å². The summed E-state index contributed by atoms with van der Waals surface area (Å²) in [4.78, 5) is 13.3. The fraction of sp³-hybridized carbons (Fsp3) is 0.909. The van der Waals surface area contributed by atoms with Gasteiger partial charge in [-0.25, -0.2) is 0 Å². The zero-order valence-electron chi connectivity index (χ0n) is 10.4. The Kier molecular flexibility index (Phi) is 5.73. The third-order valence-corrected chi connectivity index (χ3v) is 2.70. The molecular formula is C11H22N2O3. The molecule has 5 nitrogen and oxygen atoms in total. The highest BCUT2D eigenvalue weighted by Gasteiger charge is 2.16. The number of hydrogen-bond donors (Lipinski definition) is 1. The van der Waals surface area contributed by atoms with Crippen LogP contribution in [0.25, 0.3) is 0 Å². The number of carbonyl (C=O) groups is 1. The maximum atomic E-state index is 11.6. The van der Waals surface area contributed by atoms with E-state index in [9.17, 15) is 4.79 Å². The van der Waals surface area contributed by atoms with Crippen LogP contribution in [0.5, 0.6) is 0 Å². The van der Waals surface area contributed by atoms with Crippen LogP contribution in [0.1, 0.15) is 13.8 Å². The van der Waals surface area contributed by atoms with Gasteiger partial charge in [0.2, 0.25) is 5.91 Å². The number of nitrogens with one attached hydrogen (secondary N) is 1. The summed E-state index contributed by atoms with van der Waals surface area (Å²) in [5, 5.41) is 3.21. The highest BCUT2D eigenvalue weighted by atomic mass is 16.5. The minimum atomic E-state index is 0.0127. The molecule has 0 bridgehead atoms. The van der Waals surface area contributed by atoms with E-state index in [1.807, 2.05) is 13.8 Å². The Balaban J connectivity index is 2.12. The smallest absolute Gasteiger partial charge is 0.248 e. The van der Waals surface area contributed by atoms with Gasteiger partial charge in [0.25, 0.3) is 0 Å². The minimum absolute atomic E-state index is 0.0127. The molecule has 0 saturated carbocycles. The minimum Gasteiger partial charge on any atom is -0.373 e. The van der Waals surface area contributed by atoms with Gasteiger partial charge in [0.05, 0.1) is 19.3 Å². The Morgan fingerprint density at radius 1 is 1.62 bits per heavy atom. The fourth-order valence-corrected chi connectivity index (χ4v) is 1.39. The average Bonchev–Trinajstić information content (AvgIpc) is 2.29. The fourth-order valence-electron chi connectivity index (χ4n) is 1.39. The summed E-state index contributed by atoms with van der Waals surface area (Å²) < 4.78 is 10.8. The van der Waals surface area contributed by atoms with Gasteiger partial charge in [-0.3, -0.25) is 4.79 Å². The molecule has 1 aliphatic heterocycles. The second-order valence-corrected chi connectivity index (χ2v) is 4.31. The van der Waals surface area contributed by atoms with E-state index in [0.717, 1.165) is 13.1 Å². The molecule has 1 N–H and O–H groups in total.